The molecule has 0 aliphatic carbocycles. The summed E-state index contributed by atoms with van der Waals surface area (Å²) in [5.41, 5.74) is 3.10. The van der Waals surface area contributed by atoms with Crippen LogP contribution in [0.3, 0.4) is 0 Å². The topological polar surface area (TPSA) is 79.2 Å². The third-order valence-electron chi connectivity index (χ3n) is 5.04. The number of aryl methyl sites for hydroxylation is 3. The molecule has 3 aromatic rings. The summed E-state index contributed by atoms with van der Waals surface area (Å²) in [5.74, 6) is 2.00. The monoisotopic (exact) mass is 373 g/mol. The first kappa shape index (κ1) is 17.3. The SMILES string of the molecule is Cc1ccc2nc(C3CCCN(S(=O)(=O)c4cc(C)oc4C)C3)[nH]c2c1. The molecule has 4 rings (SSSR count). The van der Waals surface area contributed by atoms with Crippen molar-refractivity contribution in [3.8, 4) is 0 Å². The van der Waals surface area contributed by atoms with Gasteiger partial charge in [0.05, 0.1) is 11.0 Å². The molecule has 1 saturated heterocycles. The molecule has 7 heteroatoms. The lowest BCUT2D eigenvalue weighted by Gasteiger charge is -2.30. The van der Waals surface area contributed by atoms with E-state index in [2.05, 4.69) is 11.1 Å². The maximum absolute atomic E-state index is 13.1. The Morgan fingerprint density at radius 1 is 1.23 bits per heavy atom. The summed E-state index contributed by atoms with van der Waals surface area (Å²) >= 11 is 0. The van der Waals surface area contributed by atoms with Crippen LogP contribution in [0.15, 0.2) is 33.6 Å². The van der Waals surface area contributed by atoms with Crippen molar-refractivity contribution in [1.82, 2.24) is 14.3 Å². The maximum atomic E-state index is 13.1. The minimum atomic E-state index is -3.55. The molecule has 1 aromatic carbocycles. The minimum absolute atomic E-state index is 0.0690. The highest BCUT2D eigenvalue weighted by atomic mass is 32.2. The Balaban J connectivity index is 1.63. The van der Waals surface area contributed by atoms with Gasteiger partial charge in [-0.1, -0.05) is 6.07 Å². The van der Waals surface area contributed by atoms with E-state index in [9.17, 15) is 8.42 Å². The number of hydrogen-bond donors (Lipinski definition) is 1. The maximum Gasteiger partial charge on any atom is 0.246 e. The second-order valence-corrected chi connectivity index (χ2v) is 9.03. The molecule has 6 nitrogen and oxygen atoms in total. The van der Waals surface area contributed by atoms with Crippen LogP contribution < -0.4 is 0 Å². The lowest BCUT2D eigenvalue weighted by atomic mass is 9.99. The molecule has 1 N–H and O–H groups in total. The van der Waals surface area contributed by atoms with Crippen LogP contribution in [0.2, 0.25) is 0 Å². The Morgan fingerprint density at radius 2 is 2.04 bits per heavy atom. The molecule has 1 aliphatic rings. The van der Waals surface area contributed by atoms with Gasteiger partial charge >= 0.3 is 0 Å². The number of hydrogen-bond acceptors (Lipinski definition) is 4. The van der Waals surface area contributed by atoms with Gasteiger partial charge in [-0.25, -0.2) is 13.4 Å². The minimum Gasteiger partial charge on any atom is -0.465 e. The van der Waals surface area contributed by atoms with E-state index < -0.39 is 10.0 Å². The van der Waals surface area contributed by atoms with E-state index in [1.165, 1.54) is 5.56 Å². The molecule has 1 unspecified atom stereocenters. The lowest BCUT2D eigenvalue weighted by Crippen LogP contribution is -2.39. The number of rotatable bonds is 3. The number of benzene rings is 1. The molecule has 0 bridgehead atoms. The molecule has 26 heavy (non-hydrogen) atoms. The Kier molecular flexibility index (Phi) is 4.16. The summed E-state index contributed by atoms with van der Waals surface area (Å²) in [7, 11) is -3.55. The van der Waals surface area contributed by atoms with E-state index in [-0.39, 0.29) is 10.8 Å². The van der Waals surface area contributed by atoms with E-state index in [1.54, 1.807) is 24.2 Å². The first-order valence-electron chi connectivity index (χ1n) is 8.88. The van der Waals surface area contributed by atoms with Crippen LogP contribution in [0.25, 0.3) is 11.0 Å². The van der Waals surface area contributed by atoms with E-state index >= 15 is 0 Å². The van der Waals surface area contributed by atoms with E-state index in [0.717, 1.165) is 29.7 Å². The van der Waals surface area contributed by atoms with Crippen molar-refractivity contribution in [3.05, 3.63) is 47.2 Å². The van der Waals surface area contributed by atoms with Gasteiger partial charge in [0.1, 0.15) is 22.2 Å². The number of nitrogens with zero attached hydrogens (tertiary/aromatic N) is 2. The Bertz CT molecular complexity index is 1070. The average molecular weight is 373 g/mol. The molecule has 1 atom stereocenters. The van der Waals surface area contributed by atoms with Gasteiger partial charge in [-0.15, -0.1) is 0 Å². The zero-order valence-corrected chi connectivity index (χ0v) is 16.1. The second kappa shape index (κ2) is 6.25. The number of H-pyrrole nitrogens is 1. The van der Waals surface area contributed by atoms with Crippen LogP contribution >= 0.6 is 0 Å². The summed E-state index contributed by atoms with van der Waals surface area (Å²) in [6.45, 7) is 6.47. The molecule has 0 saturated carbocycles. The van der Waals surface area contributed by atoms with Gasteiger partial charge < -0.3 is 9.40 Å². The third-order valence-corrected chi connectivity index (χ3v) is 7.01. The van der Waals surface area contributed by atoms with Gasteiger partial charge in [-0.05, 0) is 57.4 Å². The highest BCUT2D eigenvalue weighted by Gasteiger charge is 2.34. The van der Waals surface area contributed by atoms with Crippen LogP contribution in [0, 0.1) is 20.8 Å². The van der Waals surface area contributed by atoms with E-state index in [4.69, 9.17) is 9.40 Å². The number of fused-ring (bicyclic) bond motifs is 1. The molecule has 0 radical (unpaired) electrons. The smallest absolute Gasteiger partial charge is 0.246 e. The van der Waals surface area contributed by atoms with Crippen LogP contribution in [-0.2, 0) is 10.0 Å². The second-order valence-electron chi connectivity index (χ2n) is 7.12. The van der Waals surface area contributed by atoms with Crippen molar-refractivity contribution in [2.75, 3.05) is 13.1 Å². The van der Waals surface area contributed by atoms with Crippen molar-refractivity contribution >= 4 is 21.1 Å². The molecule has 138 valence electrons. The predicted molar refractivity (Wildman–Crippen MR) is 99.7 cm³/mol. The highest BCUT2D eigenvalue weighted by Crippen LogP contribution is 2.31. The first-order valence-corrected chi connectivity index (χ1v) is 10.3. The average Bonchev–Trinajstić information content (AvgIpc) is 3.17. The fourth-order valence-electron chi connectivity index (χ4n) is 3.72. The van der Waals surface area contributed by atoms with Gasteiger partial charge in [0.25, 0.3) is 0 Å². The van der Waals surface area contributed by atoms with Crippen molar-refractivity contribution in [3.63, 3.8) is 0 Å². The Morgan fingerprint density at radius 3 is 2.77 bits per heavy atom. The number of aromatic amines is 1. The van der Waals surface area contributed by atoms with Crippen LogP contribution in [-0.4, -0.2) is 35.8 Å². The number of piperidine rings is 1. The zero-order valence-electron chi connectivity index (χ0n) is 15.2. The highest BCUT2D eigenvalue weighted by molar-refractivity contribution is 7.89. The molecule has 3 heterocycles. The van der Waals surface area contributed by atoms with Crippen molar-refractivity contribution < 1.29 is 12.8 Å². The zero-order chi connectivity index (χ0) is 18.5. The number of sulfonamides is 1. The largest absolute Gasteiger partial charge is 0.465 e. The van der Waals surface area contributed by atoms with Gasteiger partial charge in [0, 0.05) is 19.0 Å². The fourth-order valence-corrected chi connectivity index (χ4v) is 5.47. The molecular weight excluding hydrogens is 350 g/mol. The summed E-state index contributed by atoms with van der Waals surface area (Å²) in [5, 5.41) is 0. The number of imidazole rings is 1. The molecule has 1 aliphatic heterocycles. The molecule has 0 amide bonds. The molecular formula is C19H23N3O3S. The predicted octanol–water partition coefficient (Wildman–Crippen LogP) is 3.65. The van der Waals surface area contributed by atoms with Gasteiger partial charge in [0.2, 0.25) is 10.0 Å². The van der Waals surface area contributed by atoms with E-state index in [0.29, 0.717) is 24.6 Å². The van der Waals surface area contributed by atoms with E-state index in [1.807, 2.05) is 19.1 Å². The van der Waals surface area contributed by atoms with Crippen LogP contribution in [0.4, 0.5) is 0 Å². The van der Waals surface area contributed by atoms with Crippen molar-refractivity contribution in [2.45, 2.75) is 44.4 Å². The molecule has 1 fully saturated rings. The summed E-state index contributed by atoms with van der Waals surface area (Å²) < 4.78 is 33.1. The third kappa shape index (κ3) is 2.95. The van der Waals surface area contributed by atoms with Crippen molar-refractivity contribution in [2.24, 2.45) is 0 Å². The molecule has 2 aromatic heterocycles. The first-order chi connectivity index (χ1) is 12.3. The lowest BCUT2D eigenvalue weighted by molar-refractivity contribution is 0.309. The van der Waals surface area contributed by atoms with Crippen molar-refractivity contribution in [1.29, 1.82) is 0 Å². The summed E-state index contributed by atoms with van der Waals surface area (Å²) in [6, 6.07) is 7.72. The van der Waals surface area contributed by atoms with Crippen LogP contribution in [0.1, 0.15) is 41.7 Å². The Hall–Kier alpha value is -2.12. The quantitative estimate of drug-likeness (QED) is 0.760. The Labute approximate surface area is 153 Å². The fraction of sp³-hybridized carbons (Fsp3) is 0.421. The van der Waals surface area contributed by atoms with Gasteiger partial charge in [-0.2, -0.15) is 4.31 Å². The number of aromatic nitrogens is 2. The number of furan rings is 1. The number of nitrogens with one attached hydrogen (secondary N) is 1. The van der Waals surface area contributed by atoms with Crippen LogP contribution in [0.5, 0.6) is 0 Å². The molecule has 0 spiro atoms. The van der Waals surface area contributed by atoms with Gasteiger partial charge in [0.15, 0.2) is 0 Å². The normalized spacial score (nSPS) is 19.3. The van der Waals surface area contributed by atoms with Gasteiger partial charge in [-0.3, -0.25) is 0 Å². The summed E-state index contributed by atoms with van der Waals surface area (Å²) in [4.78, 5) is 8.35. The standard InChI is InChI=1S/C19H23N3O3S/c1-12-6-7-16-17(9-12)21-19(20-16)15-5-4-8-22(11-15)26(23,24)18-10-13(2)25-14(18)3/h6-7,9-10,15H,4-5,8,11H2,1-3H3,(H,20,21). The summed E-state index contributed by atoms with van der Waals surface area (Å²) in [6.07, 6.45) is 1.74.